The Morgan fingerprint density at radius 2 is 1.83 bits per heavy atom. The number of ether oxygens (including phenoxy) is 2. The molecule has 0 saturated carbocycles. The van der Waals surface area contributed by atoms with Gasteiger partial charge in [0.1, 0.15) is 0 Å². The van der Waals surface area contributed by atoms with Crippen molar-refractivity contribution in [2.24, 2.45) is 5.92 Å². The summed E-state index contributed by atoms with van der Waals surface area (Å²) in [5.74, 6) is -0.396. The molecule has 1 rings (SSSR count). The third-order valence-electron chi connectivity index (χ3n) is 5.44. The van der Waals surface area contributed by atoms with Gasteiger partial charge in [-0.15, -0.1) is 0 Å². The van der Waals surface area contributed by atoms with Gasteiger partial charge in [-0.25, -0.2) is 0 Å². The molecular formula is C19H38O4Si. The fourth-order valence-electron chi connectivity index (χ4n) is 2.84. The second-order valence-electron chi connectivity index (χ2n) is 8.98. The van der Waals surface area contributed by atoms with Crippen molar-refractivity contribution in [3.05, 3.63) is 11.6 Å². The molecule has 1 fully saturated rings. The van der Waals surface area contributed by atoms with E-state index in [0.717, 1.165) is 18.6 Å². The van der Waals surface area contributed by atoms with Gasteiger partial charge in [-0.05, 0) is 50.9 Å². The minimum Gasteiger partial charge on any atom is -0.417 e. The van der Waals surface area contributed by atoms with E-state index in [4.69, 9.17) is 13.9 Å². The minimum absolute atomic E-state index is 0.0289. The molecule has 142 valence electrons. The van der Waals surface area contributed by atoms with Crippen LogP contribution in [0.3, 0.4) is 0 Å². The third-order valence-corrected chi connectivity index (χ3v) is 9.98. The Bertz CT molecular complexity index is 437. The smallest absolute Gasteiger partial charge is 0.191 e. The van der Waals surface area contributed by atoms with Crippen LogP contribution in [0.5, 0.6) is 0 Å². The average Bonchev–Trinajstić information content (AvgIpc) is 2.40. The number of rotatable bonds is 6. The van der Waals surface area contributed by atoms with E-state index in [0.29, 0.717) is 0 Å². The molecule has 0 aromatic carbocycles. The molecule has 0 unspecified atom stereocenters. The standard InChI is InChI=1S/C19H38O4Si/c1-14(10-12-20)17-15(2)16(22-19(6,7)23-17)11-13-21-24(8,9)18(3,4)5/h10,15-17,20H,11-13H2,1-9H3/b14-10+/t15-,16-,17-/m0/s1. The van der Waals surface area contributed by atoms with Crippen molar-refractivity contribution < 1.29 is 19.0 Å². The van der Waals surface area contributed by atoms with E-state index in [-0.39, 0.29) is 29.8 Å². The quantitative estimate of drug-likeness (QED) is 0.561. The topological polar surface area (TPSA) is 47.9 Å². The maximum Gasteiger partial charge on any atom is 0.191 e. The van der Waals surface area contributed by atoms with Crippen LogP contribution in [0.15, 0.2) is 11.6 Å². The van der Waals surface area contributed by atoms with Gasteiger partial charge < -0.3 is 19.0 Å². The molecular weight excluding hydrogens is 320 g/mol. The van der Waals surface area contributed by atoms with Gasteiger partial charge in [0.05, 0.1) is 18.8 Å². The zero-order chi connectivity index (χ0) is 18.8. The number of aliphatic hydroxyl groups is 1. The number of hydrogen-bond donors (Lipinski definition) is 1. The molecule has 0 radical (unpaired) electrons. The lowest BCUT2D eigenvalue weighted by Crippen LogP contribution is -2.51. The Morgan fingerprint density at radius 3 is 2.33 bits per heavy atom. The van der Waals surface area contributed by atoms with E-state index in [1.54, 1.807) is 0 Å². The Hall–Kier alpha value is -0.203. The summed E-state index contributed by atoms with van der Waals surface area (Å²) in [7, 11) is -1.73. The molecule has 0 bridgehead atoms. The fraction of sp³-hybridized carbons (Fsp3) is 0.895. The molecule has 5 heteroatoms. The second kappa shape index (κ2) is 8.00. The summed E-state index contributed by atoms with van der Waals surface area (Å²) in [6.45, 7) is 20.2. The molecule has 3 atom stereocenters. The van der Waals surface area contributed by atoms with Crippen LogP contribution in [0.1, 0.15) is 54.9 Å². The zero-order valence-corrected chi connectivity index (χ0v) is 18.1. The predicted octanol–water partition coefficient (Wildman–Crippen LogP) is 4.49. The van der Waals surface area contributed by atoms with Gasteiger partial charge in [0.15, 0.2) is 14.1 Å². The van der Waals surface area contributed by atoms with Crippen molar-refractivity contribution in [1.82, 2.24) is 0 Å². The van der Waals surface area contributed by atoms with E-state index < -0.39 is 14.1 Å². The summed E-state index contributed by atoms with van der Waals surface area (Å²) in [6.07, 6.45) is 2.75. The molecule has 0 spiro atoms. The molecule has 4 nitrogen and oxygen atoms in total. The summed E-state index contributed by atoms with van der Waals surface area (Å²) in [5.41, 5.74) is 1.07. The van der Waals surface area contributed by atoms with Gasteiger partial charge in [-0.2, -0.15) is 0 Å². The lowest BCUT2D eigenvalue weighted by Gasteiger charge is -2.46. The van der Waals surface area contributed by atoms with Crippen LogP contribution in [0.2, 0.25) is 18.1 Å². The van der Waals surface area contributed by atoms with E-state index in [1.165, 1.54) is 0 Å². The first-order valence-electron chi connectivity index (χ1n) is 9.08. The van der Waals surface area contributed by atoms with Gasteiger partial charge in [0.25, 0.3) is 0 Å². The Balaban J connectivity index is 2.74. The number of hydrogen-bond acceptors (Lipinski definition) is 4. The average molecular weight is 359 g/mol. The van der Waals surface area contributed by atoms with Crippen LogP contribution in [0.25, 0.3) is 0 Å². The van der Waals surface area contributed by atoms with Crippen LogP contribution in [-0.2, 0) is 13.9 Å². The Kier molecular flexibility index (Phi) is 7.28. The highest BCUT2D eigenvalue weighted by Crippen LogP contribution is 2.38. The summed E-state index contributed by atoms with van der Waals surface area (Å²) in [4.78, 5) is 0. The van der Waals surface area contributed by atoms with Crippen LogP contribution in [0.4, 0.5) is 0 Å². The Labute approximate surface area is 149 Å². The van der Waals surface area contributed by atoms with Crippen LogP contribution >= 0.6 is 0 Å². The summed E-state index contributed by atoms with van der Waals surface area (Å²) in [6, 6.07) is 0. The molecule has 0 aromatic rings. The lowest BCUT2D eigenvalue weighted by molar-refractivity contribution is -0.312. The molecule has 1 heterocycles. The first-order valence-corrected chi connectivity index (χ1v) is 12.0. The highest BCUT2D eigenvalue weighted by molar-refractivity contribution is 6.74. The van der Waals surface area contributed by atoms with Crippen LogP contribution in [-0.4, -0.2) is 44.6 Å². The van der Waals surface area contributed by atoms with Crippen LogP contribution < -0.4 is 0 Å². The van der Waals surface area contributed by atoms with E-state index in [9.17, 15) is 5.11 Å². The molecule has 0 aromatic heterocycles. The third kappa shape index (κ3) is 5.66. The van der Waals surface area contributed by atoms with Gasteiger partial charge >= 0.3 is 0 Å². The maximum atomic E-state index is 9.18. The van der Waals surface area contributed by atoms with E-state index in [2.05, 4.69) is 40.8 Å². The largest absolute Gasteiger partial charge is 0.417 e. The molecule has 1 aliphatic rings. The molecule has 0 amide bonds. The highest BCUT2D eigenvalue weighted by atomic mass is 28.4. The van der Waals surface area contributed by atoms with Crippen molar-refractivity contribution in [2.45, 2.75) is 91.0 Å². The SMILES string of the molecule is C/C(=C\CO)[C@@H]1OC(C)(C)O[C@@H](CCO[Si](C)(C)C(C)(C)C)[C@@H]1C. The highest BCUT2D eigenvalue weighted by Gasteiger charge is 2.42. The molecule has 1 aliphatic heterocycles. The zero-order valence-electron chi connectivity index (χ0n) is 17.1. The van der Waals surface area contributed by atoms with Crippen molar-refractivity contribution in [2.75, 3.05) is 13.2 Å². The molecule has 0 aliphatic carbocycles. The predicted molar refractivity (Wildman–Crippen MR) is 102 cm³/mol. The van der Waals surface area contributed by atoms with Crippen molar-refractivity contribution in [3.8, 4) is 0 Å². The van der Waals surface area contributed by atoms with Crippen molar-refractivity contribution in [3.63, 3.8) is 0 Å². The van der Waals surface area contributed by atoms with Gasteiger partial charge in [0, 0.05) is 12.5 Å². The van der Waals surface area contributed by atoms with E-state index >= 15 is 0 Å². The normalized spacial score (nSPS) is 28.9. The first-order chi connectivity index (χ1) is 10.8. The summed E-state index contributed by atoms with van der Waals surface area (Å²) >= 11 is 0. The fourth-order valence-corrected chi connectivity index (χ4v) is 3.91. The molecule has 1 N–H and O–H groups in total. The summed E-state index contributed by atoms with van der Waals surface area (Å²) in [5, 5.41) is 9.40. The summed E-state index contributed by atoms with van der Waals surface area (Å²) < 4.78 is 18.6. The monoisotopic (exact) mass is 358 g/mol. The van der Waals surface area contributed by atoms with Gasteiger partial charge in [0.2, 0.25) is 0 Å². The Morgan fingerprint density at radius 1 is 1.25 bits per heavy atom. The van der Waals surface area contributed by atoms with Gasteiger partial charge in [-0.1, -0.05) is 33.8 Å². The van der Waals surface area contributed by atoms with Crippen molar-refractivity contribution >= 4 is 8.32 Å². The second-order valence-corrected chi connectivity index (χ2v) is 13.8. The van der Waals surface area contributed by atoms with Crippen molar-refractivity contribution in [1.29, 1.82) is 0 Å². The van der Waals surface area contributed by atoms with Gasteiger partial charge in [-0.3, -0.25) is 0 Å². The maximum absolute atomic E-state index is 9.18. The number of aliphatic hydroxyl groups excluding tert-OH is 1. The molecule has 24 heavy (non-hydrogen) atoms. The lowest BCUT2D eigenvalue weighted by atomic mass is 9.89. The van der Waals surface area contributed by atoms with Crippen LogP contribution in [0, 0.1) is 5.92 Å². The first kappa shape index (κ1) is 21.8. The van der Waals surface area contributed by atoms with E-state index in [1.807, 2.05) is 26.8 Å². The molecule has 1 saturated heterocycles. The minimum atomic E-state index is -1.73.